The van der Waals surface area contributed by atoms with E-state index in [0.29, 0.717) is 47.2 Å². The standard InChI is InChI=1S/C27H31ClF3N5O3S/c1-4-26(11-12-26)19(16-40(3,38)39)25(37)34(2)24(27(29,30)31)17-7-9-18(10-8-17)35-13-5-6-20-21(35)15-32-23-14-22(28)33-36(20)23/h7-10,14-15,19,24H,4-6,11-13,16H2,1-3H3/t19-,24-/m0/s1. The number of sulfone groups is 1. The van der Waals surface area contributed by atoms with Crippen LogP contribution in [0.5, 0.6) is 0 Å². The Morgan fingerprint density at radius 1 is 1.23 bits per heavy atom. The smallest absolute Gasteiger partial charge is 0.339 e. The van der Waals surface area contributed by atoms with Crippen molar-refractivity contribution in [1.29, 1.82) is 0 Å². The number of nitrogens with zero attached hydrogens (tertiary/aromatic N) is 5. The lowest BCUT2D eigenvalue weighted by Crippen LogP contribution is -2.46. The minimum Gasteiger partial charge on any atom is -0.339 e. The van der Waals surface area contributed by atoms with E-state index in [0.717, 1.165) is 37.5 Å². The number of amides is 1. The van der Waals surface area contributed by atoms with Gasteiger partial charge in [0.25, 0.3) is 0 Å². The highest BCUT2D eigenvalue weighted by molar-refractivity contribution is 7.90. The monoisotopic (exact) mass is 597 g/mol. The summed E-state index contributed by atoms with van der Waals surface area (Å²) in [5.41, 5.74) is 2.32. The Balaban J connectivity index is 1.45. The van der Waals surface area contributed by atoms with Crippen molar-refractivity contribution in [2.75, 3.05) is 30.5 Å². The first kappa shape index (κ1) is 28.7. The van der Waals surface area contributed by atoms with Crippen LogP contribution in [0.15, 0.2) is 36.5 Å². The summed E-state index contributed by atoms with van der Waals surface area (Å²) >= 11 is 6.06. The van der Waals surface area contributed by atoms with Gasteiger partial charge in [-0.3, -0.25) is 4.79 Å². The number of hydrogen-bond donors (Lipinski definition) is 0. The van der Waals surface area contributed by atoms with E-state index in [4.69, 9.17) is 11.6 Å². The maximum atomic E-state index is 14.5. The zero-order valence-corrected chi connectivity index (χ0v) is 24.0. The molecule has 13 heteroatoms. The predicted molar refractivity (Wildman–Crippen MR) is 146 cm³/mol. The van der Waals surface area contributed by atoms with Gasteiger partial charge in [-0.15, -0.1) is 0 Å². The third-order valence-electron chi connectivity index (χ3n) is 8.29. The molecule has 2 atom stereocenters. The van der Waals surface area contributed by atoms with Gasteiger partial charge in [0.2, 0.25) is 5.91 Å². The molecule has 216 valence electrons. The summed E-state index contributed by atoms with van der Waals surface area (Å²) < 4.78 is 69.3. The molecule has 1 aromatic carbocycles. The molecule has 2 aromatic heterocycles. The van der Waals surface area contributed by atoms with Gasteiger partial charge in [0.05, 0.1) is 29.2 Å². The van der Waals surface area contributed by atoms with Crippen molar-refractivity contribution in [2.45, 2.75) is 51.2 Å². The van der Waals surface area contributed by atoms with Gasteiger partial charge in [-0.05, 0) is 55.2 Å². The van der Waals surface area contributed by atoms with Crippen LogP contribution in [0, 0.1) is 11.3 Å². The molecule has 0 radical (unpaired) electrons. The summed E-state index contributed by atoms with van der Waals surface area (Å²) in [5.74, 6) is -2.29. The maximum Gasteiger partial charge on any atom is 0.413 e. The average molecular weight is 598 g/mol. The minimum atomic E-state index is -4.77. The molecule has 0 saturated heterocycles. The number of halogens is 4. The number of aryl methyl sites for hydroxylation is 1. The fourth-order valence-corrected chi connectivity index (χ4v) is 7.24. The van der Waals surface area contributed by atoms with Crippen molar-refractivity contribution in [3.8, 4) is 0 Å². The van der Waals surface area contributed by atoms with Crippen LogP contribution < -0.4 is 4.90 Å². The highest BCUT2D eigenvalue weighted by atomic mass is 35.5. The van der Waals surface area contributed by atoms with Crippen LogP contribution in [0.1, 0.15) is 49.9 Å². The first-order chi connectivity index (χ1) is 18.7. The number of fused-ring (bicyclic) bond motifs is 3. The van der Waals surface area contributed by atoms with Crippen LogP contribution in [0.25, 0.3) is 5.65 Å². The number of carbonyl (C=O) groups is 1. The molecule has 40 heavy (non-hydrogen) atoms. The van der Waals surface area contributed by atoms with Crippen LogP contribution >= 0.6 is 11.6 Å². The topological polar surface area (TPSA) is 87.9 Å². The summed E-state index contributed by atoms with van der Waals surface area (Å²) in [4.78, 5) is 20.6. The summed E-state index contributed by atoms with van der Waals surface area (Å²) in [5, 5.41) is 4.64. The first-order valence-electron chi connectivity index (χ1n) is 13.2. The van der Waals surface area contributed by atoms with Gasteiger partial charge < -0.3 is 9.80 Å². The predicted octanol–water partition coefficient (Wildman–Crippen LogP) is 5.38. The highest BCUT2D eigenvalue weighted by Crippen LogP contribution is 2.56. The molecular formula is C27H31ClF3N5O3S. The molecular weight excluding hydrogens is 567 g/mol. The van der Waals surface area contributed by atoms with E-state index in [9.17, 15) is 26.4 Å². The lowest BCUT2D eigenvalue weighted by atomic mass is 9.86. The minimum absolute atomic E-state index is 0.101. The van der Waals surface area contributed by atoms with Crippen molar-refractivity contribution in [1.82, 2.24) is 19.5 Å². The molecule has 0 bridgehead atoms. The van der Waals surface area contributed by atoms with Crippen molar-refractivity contribution in [2.24, 2.45) is 11.3 Å². The van der Waals surface area contributed by atoms with E-state index in [1.165, 1.54) is 12.1 Å². The average Bonchev–Trinajstić information content (AvgIpc) is 3.59. The van der Waals surface area contributed by atoms with Crippen LogP contribution in [0.3, 0.4) is 0 Å². The van der Waals surface area contributed by atoms with Gasteiger partial charge in [0, 0.05) is 31.6 Å². The molecule has 5 rings (SSSR count). The van der Waals surface area contributed by atoms with Gasteiger partial charge in [-0.1, -0.05) is 30.7 Å². The Morgan fingerprint density at radius 3 is 2.48 bits per heavy atom. The van der Waals surface area contributed by atoms with E-state index in [2.05, 4.69) is 10.1 Å². The largest absolute Gasteiger partial charge is 0.413 e. The van der Waals surface area contributed by atoms with Crippen LogP contribution in [0.4, 0.5) is 24.5 Å². The van der Waals surface area contributed by atoms with Crippen molar-refractivity contribution >= 4 is 44.4 Å². The maximum absolute atomic E-state index is 14.5. The molecule has 0 unspecified atom stereocenters. The van der Waals surface area contributed by atoms with Gasteiger partial charge in [0.15, 0.2) is 16.8 Å². The number of carbonyl (C=O) groups excluding carboxylic acids is 1. The second kappa shape index (κ2) is 10.2. The summed E-state index contributed by atoms with van der Waals surface area (Å²) in [6, 6.07) is 5.40. The number of benzene rings is 1. The fraction of sp³-hybridized carbons (Fsp3) is 0.519. The van der Waals surface area contributed by atoms with E-state index >= 15 is 0 Å². The Hall–Kier alpha value is -2.86. The SMILES string of the molecule is CCC1([C@@H](CS(C)(=O)=O)C(=O)N(C)[C@@H](c2ccc(N3CCCc4c3cnc3cc(Cl)nn43)cc2)C(F)(F)F)CC1. The van der Waals surface area contributed by atoms with Gasteiger partial charge in [0.1, 0.15) is 9.84 Å². The number of hydrogen-bond acceptors (Lipinski definition) is 6. The first-order valence-corrected chi connectivity index (χ1v) is 15.6. The molecule has 0 spiro atoms. The van der Waals surface area contributed by atoms with E-state index < -0.39 is 45.0 Å². The Bertz CT molecular complexity index is 1540. The number of rotatable bonds is 8. The molecule has 3 aromatic rings. The van der Waals surface area contributed by atoms with Gasteiger partial charge in [-0.2, -0.15) is 18.3 Å². The molecule has 1 amide bonds. The second-order valence-corrected chi connectivity index (χ2v) is 13.5. The van der Waals surface area contributed by atoms with Gasteiger partial charge in [-0.25, -0.2) is 17.9 Å². The molecule has 2 aliphatic rings. The van der Waals surface area contributed by atoms with Crippen LogP contribution in [-0.4, -0.2) is 65.6 Å². The summed E-state index contributed by atoms with van der Waals surface area (Å²) in [6.45, 7) is 2.48. The second-order valence-electron chi connectivity index (χ2n) is 10.9. The lowest BCUT2D eigenvalue weighted by molar-refractivity contribution is -0.191. The quantitative estimate of drug-likeness (QED) is 0.346. The number of alkyl halides is 3. The zero-order chi connectivity index (χ0) is 29.0. The Kier molecular flexibility index (Phi) is 7.31. The fourth-order valence-electron chi connectivity index (χ4n) is 5.96. The number of anilines is 2. The third-order valence-corrected chi connectivity index (χ3v) is 9.41. The third kappa shape index (κ3) is 5.39. The summed E-state index contributed by atoms with van der Waals surface area (Å²) in [6.07, 6.45) is 1.28. The Morgan fingerprint density at radius 2 is 1.90 bits per heavy atom. The van der Waals surface area contributed by atoms with Crippen molar-refractivity contribution in [3.05, 3.63) is 52.9 Å². The van der Waals surface area contributed by atoms with E-state index in [1.807, 2.05) is 11.8 Å². The molecule has 0 N–H and O–H groups in total. The summed E-state index contributed by atoms with van der Waals surface area (Å²) in [7, 11) is -2.48. The van der Waals surface area contributed by atoms with E-state index in [-0.39, 0.29) is 5.56 Å². The van der Waals surface area contributed by atoms with Gasteiger partial charge >= 0.3 is 6.18 Å². The normalized spacial score (nSPS) is 18.3. The molecule has 3 heterocycles. The van der Waals surface area contributed by atoms with Crippen LogP contribution in [0.2, 0.25) is 5.15 Å². The molecule has 1 aliphatic heterocycles. The van der Waals surface area contributed by atoms with Crippen molar-refractivity contribution in [3.63, 3.8) is 0 Å². The zero-order valence-electron chi connectivity index (χ0n) is 22.4. The van der Waals surface area contributed by atoms with E-state index in [1.54, 1.807) is 28.9 Å². The van der Waals surface area contributed by atoms with Crippen LogP contribution in [-0.2, 0) is 21.1 Å². The highest BCUT2D eigenvalue weighted by Gasteiger charge is 2.55. The van der Waals surface area contributed by atoms with Crippen molar-refractivity contribution < 1.29 is 26.4 Å². The molecule has 1 fully saturated rings. The lowest BCUT2D eigenvalue weighted by Gasteiger charge is -2.35. The number of aromatic nitrogens is 3. The molecule has 1 aliphatic carbocycles. The molecule has 1 saturated carbocycles. The molecule has 8 nitrogen and oxygen atoms in total. The Labute approximate surface area is 236 Å².